The van der Waals surface area contributed by atoms with Crippen molar-refractivity contribution in [3.8, 4) is 21.1 Å². The molecule has 0 radical (unpaired) electrons. The van der Waals surface area contributed by atoms with E-state index in [1.807, 2.05) is 0 Å². The number of nitrogens with zero attached hydrogens (tertiary/aromatic N) is 4. The van der Waals surface area contributed by atoms with Gasteiger partial charge in [0.05, 0.1) is 5.56 Å². The van der Waals surface area contributed by atoms with E-state index in [0.29, 0.717) is 0 Å². The first kappa shape index (κ1) is 30.6. The van der Waals surface area contributed by atoms with Crippen LogP contribution in [0.5, 0.6) is 0 Å². The normalized spacial score (nSPS) is 19.7. The van der Waals surface area contributed by atoms with Crippen molar-refractivity contribution in [2.45, 2.75) is 76.7 Å². The summed E-state index contributed by atoms with van der Waals surface area (Å²) in [6.07, 6.45) is 15.1. The SMILES string of the molecule is COCCCCCCCCC1CCC(N2CCN(c3ccc(-c4nnc(-c5ccc(C(=O)O)cc5)s4)cc3)CC2)CC1. The Labute approximate surface area is 254 Å². The van der Waals surface area contributed by atoms with E-state index in [9.17, 15) is 4.79 Å². The van der Waals surface area contributed by atoms with Crippen molar-refractivity contribution in [2.24, 2.45) is 5.92 Å². The molecule has 2 aromatic carbocycles. The molecule has 42 heavy (non-hydrogen) atoms. The summed E-state index contributed by atoms with van der Waals surface area (Å²) in [6, 6.07) is 16.3. The van der Waals surface area contributed by atoms with Gasteiger partial charge in [-0.1, -0.05) is 62.0 Å². The average molecular weight is 591 g/mol. The molecule has 0 unspecified atom stereocenters. The third-order valence-corrected chi connectivity index (χ3v) is 10.2. The topological polar surface area (TPSA) is 78.8 Å². The largest absolute Gasteiger partial charge is 0.478 e. The Morgan fingerprint density at radius 1 is 0.810 bits per heavy atom. The fourth-order valence-electron chi connectivity index (χ4n) is 6.56. The van der Waals surface area contributed by atoms with Crippen molar-refractivity contribution in [3.05, 3.63) is 54.1 Å². The van der Waals surface area contributed by atoms with Crippen molar-refractivity contribution in [3.63, 3.8) is 0 Å². The van der Waals surface area contributed by atoms with E-state index >= 15 is 0 Å². The van der Waals surface area contributed by atoms with Crippen LogP contribution in [0.4, 0.5) is 5.69 Å². The van der Waals surface area contributed by atoms with Crippen LogP contribution < -0.4 is 4.90 Å². The molecule has 1 N–H and O–H groups in total. The summed E-state index contributed by atoms with van der Waals surface area (Å²) in [4.78, 5) is 16.4. The molecule has 0 atom stereocenters. The molecule has 0 amide bonds. The Morgan fingerprint density at radius 2 is 1.38 bits per heavy atom. The molecule has 1 saturated carbocycles. The number of benzene rings is 2. The summed E-state index contributed by atoms with van der Waals surface area (Å²) in [5.41, 5.74) is 3.48. The maximum atomic E-state index is 11.1. The van der Waals surface area contributed by atoms with E-state index in [4.69, 9.17) is 9.84 Å². The van der Waals surface area contributed by atoms with Gasteiger partial charge in [-0.3, -0.25) is 4.90 Å². The maximum Gasteiger partial charge on any atom is 0.335 e. The molecule has 1 aliphatic heterocycles. The predicted octanol–water partition coefficient (Wildman–Crippen LogP) is 7.63. The Kier molecular flexibility index (Phi) is 11.4. The van der Waals surface area contributed by atoms with Gasteiger partial charge in [-0.2, -0.15) is 0 Å². The van der Waals surface area contributed by atoms with Crippen LogP contribution in [0, 0.1) is 5.92 Å². The van der Waals surface area contributed by atoms with Gasteiger partial charge in [-0.15, -0.1) is 10.2 Å². The van der Waals surface area contributed by atoms with Crippen LogP contribution in [0.15, 0.2) is 48.5 Å². The number of ether oxygens (including phenoxy) is 1. The third kappa shape index (κ3) is 8.39. The quantitative estimate of drug-likeness (QED) is 0.193. The van der Waals surface area contributed by atoms with Gasteiger partial charge in [-0.05, 0) is 74.4 Å². The molecule has 1 aliphatic carbocycles. The van der Waals surface area contributed by atoms with E-state index in [0.717, 1.165) is 65.9 Å². The van der Waals surface area contributed by atoms with Crippen LogP contribution in [-0.4, -0.2) is 72.1 Å². The highest BCUT2D eigenvalue weighted by molar-refractivity contribution is 7.17. The molecular formula is C34H46N4O3S. The minimum atomic E-state index is -0.926. The summed E-state index contributed by atoms with van der Waals surface area (Å²) in [7, 11) is 1.80. The maximum absolute atomic E-state index is 11.1. The summed E-state index contributed by atoms with van der Waals surface area (Å²) < 4.78 is 5.14. The fraction of sp³-hybridized carbons (Fsp3) is 0.559. The molecule has 0 spiro atoms. The number of unbranched alkanes of at least 4 members (excludes halogenated alkanes) is 5. The van der Waals surface area contributed by atoms with E-state index in [-0.39, 0.29) is 5.56 Å². The van der Waals surface area contributed by atoms with Crippen LogP contribution in [0.3, 0.4) is 0 Å². The molecule has 0 bridgehead atoms. The van der Waals surface area contributed by atoms with Crippen molar-refractivity contribution < 1.29 is 14.6 Å². The molecular weight excluding hydrogens is 544 g/mol. The number of carbonyl (C=O) groups is 1. The van der Waals surface area contributed by atoms with E-state index in [1.165, 1.54) is 87.7 Å². The van der Waals surface area contributed by atoms with Crippen molar-refractivity contribution >= 4 is 23.0 Å². The van der Waals surface area contributed by atoms with E-state index in [2.05, 4.69) is 44.3 Å². The first-order valence-electron chi connectivity index (χ1n) is 15.9. The van der Waals surface area contributed by atoms with Crippen LogP contribution in [0.2, 0.25) is 0 Å². The molecule has 226 valence electrons. The lowest BCUT2D eigenvalue weighted by molar-refractivity contribution is 0.0697. The molecule has 1 saturated heterocycles. The molecule has 7 nitrogen and oxygen atoms in total. The van der Waals surface area contributed by atoms with Crippen molar-refractivity contribution in [1.82, 2.24) is 15.1 Å². The first-order valence-corrected chi connectivity index (χ1v) is 16.7. The minimum Gasteiger partial charge on any atom is -0.478 e. The fourth-order valence-corrected chi connectivity index (χ4v) is 7.41. The highest BCUT2D eigenvalue weighted by Crippen LogP contribution is 2.33. The predicted molar refractivity (Wildman–Crippen MR) is 171 cm³/mol. The zero-order chi connectivity index (χ0) is 29.1. The summed E-state index contributed by atoms with van der Waals surface area (Å²) in [5.74, 6) is 0.0290. The first-order chi connectivity index (χ1) is 20.6. The summed E-state index contributed by atoms with van der Waals surface area (Å²) in [6.45, 7) is 5.38. The number of rotatable bonds is 14. The molecule has 1 aromatic heterocycles. The Morgan fingerprint density at radius 3 is 1.98 bits per heavy atom. The number of aromatic carboxylic acids is 1. The van der Waals surface area contributed by atoms with Gasteiger partial charge < -0.3 is 14.7 Å². The monoisotopic (exact) mass is 590 g/mol. The molecule has 3 aromatic rings. The minimum absolute atomic E-state index is 0.272. The van der Waals surface area contributed by atoms with Gasteiger partial charge in [0.25, 0.3) is 0 Å². The Bertz CT molecular complexity index is 1230. The second-order valence-electron chi connectivity index (χ2n) is 11.9. The highest BCUT2D eigenvalue weighted by atomic mass is 32.1. The number of anilines is 1. The highest BCUT2D eigenvalue weighted by Gasteiger charge is 2.28. The lowest BCUT2D eigenvalue weighted by atomic mass is 9.82. The van der Waals surface area contributed by atoms with Gasteiger partial charge in [0.1, 0.15) is 10.0 Å². The number of aromatic nitrogens is 2. The van der Waals surface area contributed by atoms with Gasteiger partial charge in [0.15, 0.2) is 0 Å². The molecule has 2 aliphatic rings. The van der Waals surface area contributed by atoms with Gasteiger partial charge in [-0.25, -0.2) is 4.79 Å². The molecule has 8 heteroatoms. The molecule has 2 fully saturated rings. The number of carboxylic acid groups (broad SMARTS) is 1. The van der Waals surface area contributed by atoms with Gasteiger partial charge >= 0.3 is 5.97 Å². The number of methoxy groups -OCH3 is 1. The molecule has 2 heterocycles. The van der Waals surface area contributed by atoms with E-state index in [1.54, 1.807) is 31.4 Å². The third-order valence-electron chi connectivity index (χ3n) is 9.14. The number of hydrogen-bond donors (Lipinski definition) is 1. The average Bonchev–Trinajstić information content (AvgIpc) is 3.53. The number of carboxylic acids is 1. The Balaban J connectivity index is 1.02. The van der Waals surface area contributed by atoms with Crippen LogP contribution >= 0.6 is 11.3 Å². The Hall–Kier alpha value is -2.81. The van der Waals surface area contributed by atoms with Crippen LogP contribution in [0.25, 0.3) is 21.1 Å². The van der Waals surface area contributed by atoms with Crippen molar-refractivity contribution in [2.75, 3.05) is 44.8 Å². The van der Waals surface area contributed by atoms with Gasteiger partial charge in [0.2, 0.25) is 0 Å². The zero-order valence-corrected chi connectivity index (χ0v) is 25.9. The lowest BCUT2D eigenvalue weighted by Crippen LogP contribution is -2.51. The van der Waals surface area contributed by atoms with E-state index < -0.39 is 5.97 Å². The lowest BCUT2D eigenvalue weighted by Gasteiger charge is -2.42. The van der Waals surface area contributed by atoms with Crippen molar-refractivity contribution in [1.29, 1.82) is 0 Å². The summed E-state index contributed by atoms with van der Waals surface area (Å²) >= 11 is 1.53. The molecule has 5 rings (SSSR count). The smallest absolute Gasteiger partial charge is 0.335 e. The number of hydrogen-bond acceptors (Lipinski definition) is 7. The number of piperazine rings is 1. The standard InChI is InChI=1S/C34H46N4O3S/c1-41-25-7-5-3-2-4-6-8-26-9-17-30(18-10-26)37-21-23-38(24-22-37)31-19-15-28(16-20-31)33-36-35-32(42-33)27-11-13-29(14-12-27)34(39)40/h11-16,19-20,26,30H,2-10,17-18,21-25H2,1H3,(H,39,40). The second kappa shape index (κ2) is 15.6. The van der Waals surface area contributed by atoms with Gasteiger partial charge in [0, 0.05) is 62.8 Å². The van der Waals surface area contributed by atoms with Crippen LogP contribution in [-0.2, 0) is 4.74 Å². The second-order valence-corrected chi connectivity index (χ2v) is 12.9. The zero-order valence-electron chi connectivity index (χ0n) is 25.0. The summed E-state index contributed by atoms with van der Waals surface area (Å²) in [5, 5.41) is 19.5. The van der Waals surface area contributed by atoms with Crippen LogP contribution in [0.1, 0.15) is 81.0 Å².